The Morgan fingerprint density at radius 1 is 1.16 bits per heavy atom. The molecule has 1 heterocycles. The van der Waals surface area contributed by atoms with Crippen molar-refractivity contribution in [2.75, 3.05) is 0 Å². The van der Waals surface area contributed by atoms with Gasteiger partial charge in [0.15, 0.2) is 0 Å². The molecule has 0 bridgehead atoms. The van der Waals surface area contributed by atoms with Crippen LogP contribution in [0.1, 0.15) is 11.1 Å². The molecule has 0 spiro atoms. The molecule has 0 aliphatic heterocycles. The summed E-state index contributed by atoms with van der Waals surface area (Å²) in [7, 11) is 0. The monoisotopic (exact) mass is 271 g/mol. The van der Waals surface area contributed by atoms with Gasteiger partial charge in [-0.3, -0.25) is 0 Å². The lowest BCUT2D eigenvalue weighted by atomic mass is 10.00. The van der Waals surface area contributed by atoms with Crippen molar-refractivity contribution in [2.45, 2.75) is 12.8 Å². The molecule has 0 atom stereocenters. The van der Waals surface area contributed by atoms with Crippen LogP contribution in [0, 0.1) is 5.95 Å². The van der Waals surface area contributed by atoms with Crippen molar-refractivity contribution < 1.29 is 22.7 Å². The van der Waals surface area contributed by atoms with E-state index in [1.807, 2.05) is 0 Å². The fourth-order valence-corrected chi connectivity index (χ4v) is 1.76. The Morgan fingerprint density at radius 3 is 2.53 bits per heavy atom. The summed E-state index contributed by atoms with van der Waals surface area (Å²) in [5.74, 6) is -0.911. The molecule has 1 aromatic carbocycles. The lowest BCUT2D eigenvalue weighted by molar-refractivity contribution is -0.137. The van der Waals surface area contributed by atoms with E-state index in [0.717, 1.165) is 18.3 Å². The van der Waals surface area contributed by atoms with Gasteiger partial charge in [0.2, 0.25) is 5.95 Å². The van der Waals surface area contributed by atoms with E-state index in [-0.39, 0.29) is 16.7 Å². The highest BCUT2D eigenvalue weighted by Crippen LogP contribution is 2.33. The van der Waals surface area contributed by atoms with E-state index in [4.69, 9.17) is 5.11 Å². The number of aromatic nitrogens is 1. The molecule has 100 valence electrons. The van der Waals surface area contributed by atoms with Gasteiger partial charge in [-0.25, -0.2) is 4.98 Å². The zero-order valence-electron chi connectivity index (χ0n) is 9.58. The highest BCUT2D eigenvalue weighted by Gasteiger charge is 2.30. The average Bonchev–Trinajstić information content (AvgIpc) is 2.37. The molecule has 0 unspecified atom stereocenters. The lowest BCUT2D eigenvalue weighted by Gasteiger charge is -2.11. The third-order valence-electron chi connectivity index (χ3n) is 2.64. The van der Waals surface area contributed by atoms with Crippen molar-refractivity contribution in [3.63, 3.8) is 0 Å². The van der Waals surface area contributed by atoms with Gasteiger partial charge in [0.05, 0.1) is 12.2 Å². The normalized spacial score (nSPS) is 11.6. The van der Waals surface area contributed by atoms with Crippen LogP contribution in [0.4, 0.5) is 17.6 Å². The summed E-state index contributed by atoms with van der Waals surface area (Å²) >= 11 is 0. The molecule has 0 saturated heterocycles. The van der Waals surface area contributed by atoms with Crippen molar-refractivity contribution in [1.29, 1.82) is 0 Å². The zero-order chi connectivity index (χ0) is 14.0. The maximum absolute atomic E-state index is 13.6. The maximum atomic E-state index is 13.6. The molecule has 0 aliphatic carbocycles. The summed E-state index contributed by atoms with van der Waals surface area (Å²) in [6, 6.07) is 5.62. The Balaban J connectivity index is 2.60. The molecule has 0 saturated carbocycles. The summed E-state index contributed by atoms with van der Waals surface area (Å²) in [6.07, 6.45) is -3.36. The van der Waals surface area contributed by atoms with E-state index in [1.54, 1.807) is 0 Å². The number of aliphatic hydroxyl groups excluding tert-OH is 1. The molecular formula is C13H9F4NO. The Hall–Kier alpha value is -1.95. The van der Waals surface area contributed by atoms with Crippen LogP contribution in [-0.2, 0) is 12.8 Å². The molecule has 19 heavy (non-hydrogen) atoms. The van der Waals surface area contributed by atoms with E-state index in [9.17, 15) is 17.6 Å². The number of pyridine rings is 1. The van der Waals surface area contributed by atoms with Crippen molar-refractivity contribution in [3.05, 3.63) is 53.6 Å². The van der Waals surface area contributed by atoms with Crippen molar-refractivity contribution >= 4 is 0 Å². The van der Waals surface area contributed by atoms with Gasteiger partial charge in [-0.15, -0.1) is 0 Å². The Labute approximate surface area is 106 Å². The van der Waals surface area contributed by atoms with E-state index in [2.05, 4.69) is 4.98 Å². The maximum Gasteiger partial charge on any atom is 0.416 e. The SMILES string of the molecule is OCc1ccnc(F)c1-c1cccc(C(F)(F)F)c1. The van der Waals surface area contributed by atoms with Gasteiger partial charge in [-0.1, -0.05) is 12.1 Å². The highest BCUT2D eigenvalue weighted by molar-refractivity contribution is 5.67. The van der Waals surface area contributed by atoms with Gasteiger partial charge >= 0.3 is 6.18 Å². The molecule has 1 aromatic heterocycles. The number of halogens is 4. The molecule has 2 nitrogen and oxygen atoms in total. The largest absolute Gasteiger partial charge is 0.416 e. The average molecular weight is 271 g/mol. The predicted octanol–water partition coefficient (Wildman–Crippen LogP) is 3.40. The number of alkyl halides is 3. The summed E-state index contributed by atoms with van der Waals surface area (Å²) in [5.41, 5.74) is -0.774. The first kappa shape index (κ1) is 13.5. The molecule has 0 amide bonds. The first-order valence-electron chi connectivity index (χ1n) is 5.35. The summed E-state index contributed by atoms with van der Waals surface area (Å²) in [6.45, 7) is -0.481. The molecule has 2 rings (SSSR count). The predicted molar refractivity (Wildman–Crippen MR) is 60.6 cm³/mol. The second-order valence-electron chi connectivity index (χ2n) is 3.87. The van der Waals surface area contributed by atoms with Crippen LogP contribution in [0.3, 0.4) is 0 Å². The van der Waals surface area contributed by atoms with Crippen LogP contribution < -0.4 is 0 Å². The first-order chi connectivity index (χ1) is 8.93. The number of hydrogen-bond acceptors (Lipinski definition) is 2. The standard InChI is InChI=1S/C13H9F4NO/c14-12-11(9(7-19)4-5-18-12)8-2-1-3-10(6-8)13(15,16)17/h1-6,19H,7H2. The third-order valence-corrected chi connectivity index (χ3v) is 2.64. The minimum atomic E-state index is -4.51. The summed E-state index contributed by atoms with van der Waals surface area (Å²) < 4.78 is 51.5. The van der Waals surface area contributed by atoms with Gasteiger partial charge in [0.25, 0.3) is 0 Å². The molecule has 0 aliphatic rings. The van der Waals surface area contributed by atoms with Gasteiger partial charge in [0.1, 0.15) is 0 Å². The van der Waals surface area contributed by atoms with Crippen LogP contribution in [0.15, 0.2) is 36.5 Å². The fourth-order valence-electron chi connectivity index (χ4n) is 1.76. The van der Waals surface area contributed by atoms with Gasteiger partial charge in [-0.2, -0.15) is 17.6 Å². The van der Waals surface area contributed by atoms with Gasteiger partial charge in [-0.05, 0) is 29.3 Å². The molecule has 2 aromatic rings. The summed E-state index contributed by atoms with van der Waals surface area (Å²) in [4.78, 5) is 3.40. The van der Waals surface area contributed by atoms with E-state index in [1.165, 1.54) is 18.2 Å². The molecule has 6 heteroatoms. The number of benzene rings is 1. The Kier molecular flexibility index (Phi) is 3.53. The third kappa shape index (κ3) is 2.73. The number of nitrogens with zero attached hydrogens (tertiary/aromatic N) is 1. The lowest BCUT2D eigenvalue weighted by Crippen LogP contribution is -2.05. The van der Waals surface area contributed by atoms with Crippen LogP contribution >= 0.6 is 0 Å². The van der Waals surface area contributed by atoms with Gasteiger partial charge in [0, 0.05) is 11.8 Å². The minimum absolute atomic E-state index is 0.0319. The summed E-state index contributed by atoms with van der Waals surface area (Å²) in [5, 5.41) is 9.12. The molecule has 0 radical (unpaired) electrons. The van der Waals surface area contributed by atoms with E-state index < -0.39 is 24.3 Å². The Bertz CT molecular complexity index is 595. The van der Waals surface area contributed by atoms with Crippen LogP contribution in [-0.4, -0.2) is 10.1 Å². The topological polar surface area (TPSA) is 33.1 Å². The number of aliphatic hydroxyl groups is 1. The van der Waals surface area contributed by atoms with Crippen molar-refractivity contribution in [1.82, 2.24) is 4.98 Å². The number of hydrogen-bond donors (Lipinski definition) is 1. The van der Waals surface area contributed by atoms with Gasteiger partial charge < -0.3 is 5.11 Å². The quantitative estimate of drug-likeness (QED) is 0.670. The molecular weight excluding hydrogens is 262 g/mol. The second kappa shape index (κ2) is 4.97. The first-order valence-corrected chi connectivity index (χ1v) is 5.35. The smallest absolute Gasteiger partial charge is 0.392 e. The zero-order valence-corrected chi connectivity index (χ0v) is 9.58. The second-order valence-corrected chi connectivity index (χ2v) is 3.87. The van der Waals surface area contributed by atoms with E-state index >= 15 is 0 Å². The highest BCUT2D eigenvalue weighted by atomic mass is 19.4. The Morgan fingerprint density at radius 2 is 1.89 bits per heavy atom. The van der Waals surface area contributed by atoms with Crippen LogP contribution in [0.5, 0.6) is 0 Å². The van der Waals surface area contributed by atoms with Crippen LogP contribution in [0.25, 0.3) is 11.1 Å². The van der Waals surface area contributed by atoms with Crippen LogP contribution in [0.2, 0.25) is 0 Å². The van der Waals surface area contributed by atoms with Crippen molar-refractivity contribution in [3.8, 4) is 11.1 Å². The fraction of sp³-hybridized carbons (Fsp3) is 0.154. The number of rotatable bonds is 2. The van der Waals surface area contributed by atoms with E-state index in [0.29, 0.717) is 0 Å². The molecule has 1 N–H and O–H groups in total. The minimum Gasteiger partial charge on any atom is -0.392 e. The molecule has 0 fully saturated rings. The van der Waals surface area contributed by atoms with Crippen molar-refractivity contribution in [2.24, 2.45) is 0 Å².